The molecule has 0 aliphatic heterocycles. The Kier molecular flexibility index (Phi) is 6.31. The van der Waals surface area contributed by atoms with Crippen LogP contribution < -0.4 is 5.32 Å². The summed E-state index contributed by atoms with van der Waals surface area (Å²) >= 11 is 0. The monoisotopic (exact) mass is 372 g/mol. The summed E-state index contributed by atoms with van der Waals surface area (Å²) in [5.74, 6) is -0.705. The Morgan fingerprint density at radius 3 is 2.57 bits per heavy atom. The quantitative estimate of drug-likeness (QED) is 0.508. The summed E-state index contributed by atoms with van der Waals surface area (Å²) in [5.41, 5.74) is 3.40. The minimum absolute atomic E-state index is 0.302. The van der Waals surface area contributed by atoms with Gasteiger partial charge in [-0.25, -0.2) is 9.78 Å². The Morgan fingerprint density at radius 1 is 1.00 bits per heavy atom. The topological polar surface area (TPSA) is 68.3 Å². The zero-order valence-corrected chi connectivity index (χ0v) is 15.5. The Balaban J connectivity index is 1.73. The van der Waals surface area contributed by atoms with E-state index in [1.165, 1.54) is 6.08 Å². The average molecular weight is 372 g/mol. The van der Waals surface area contributed by atoms with Gasteiger partial charge in [0.2, 0.25) is 0 Å². The Morgan fingerprint density at radius 2 is 1.79 bits per heavy atom. The molecule has 1 N–H and O–H groups in total. The van der Waals surface area contributed by atoms with Crippen molar-refractivity contribution in [2.45, 2.75) is 6.92 Å². The zero-order valence-electron chi connectivity index (χ0n) is 15.5. The molecule has 0 bridgehead atoms. The first-order chi connectivity index (χ1) is 13.7. The summed E-state index contributed by atoms with van der Waals surface area (Å²) in [6.45, 7) is 2.08. The molecule has 5 heteroatoms. The van der Waals surface area contributed by atoms with Crippen LogP contribution in [0, 0.1) is 0 Å². The van der Waals surface area contributed by atoms with Gasteiger partial charge in [-0.05, 0) is 42.8 Å². The summed E-state index contributed by atoms with van der Waals surface area (Å²) in [6, 6.07) is 22.2. The number of aromatic nitrogens is 1. The SMILES string of the molecule is CCOC(=O)C=Cc1cccc(NC(=O)c2cccc(-c3ccccc3)n2)c1. The van der Waals surface area contributed by atoms with Gasteiger partial charge in [-0.3, -0.25) is 4.79 Å². The second-order valence-corrected chi connectivity index (χ2v) is 5.94. The van der Waals surface area contributed by atoms with Gasteiger partial charge in [0.1, 0.15) is 5.69 Å². The highest BCUT2D eigenvalue weighted by Gasteiger charge is 2.09. The third-order valence-corrected chi connectivity index (χ3v) is 3.89. The number of benzene rings is 2. The molecule has 0 radical (unpaired) electrons. The van der Waals surface area contributed by atoms with Crippen LogP contribution in [0.4, 0.5) is 5.69 Å². The molecule has 3 rings (SSSR count). The lowest BCUT2D eigenvalue weighted by atomic mass is 10.1. The number of carbonyl (C=O) groups is 2. The van der Waals surface area contributed by atoms with Crippen LogP contribution in [0.5, 0.6) is 0 Å². The lowest BCUT2D eigenvalue weighted by Gasteiger charge is -2.07. The third-order valence-electron chi connectivity index (χ3n) is 3.89. The van der Waals surface area contributed by atoms with Crippen molar-refractivity contribution in [2.75, 3.05) is 11.9 Å². The Labute approximate surface area is 163 Å². The number of rotatable bonds is 6. The number of amides is 1. The van der Waals surface area contributed by atoms with Crippen LogP contribution in [0.2, 0.25) is 0 Å². The van der Waals surface area contributed by atoms with Crippen LogP contribution in [0.1, 0.15) is 23.0 Å². The molecule has 28 heavy (non-hydrogen) atoms. The van der Waals surface area contributed by atoms with E-state index in [0.29, 0.717) is 18.0 Å². The van der Waals surface area contributed by atoms with Gasteiger partial charge in [-0.2, -0.15) is 0 Å². The predicted molar refractivity (Wildman–Crippen MR) is 110 cm³/mol. The lowest BCUT2D eigenvalue weighted by molar-refractivity contribution is -0.137. The van der Waals surface area contributed by atoms with E-state index >= 15 is 0 Å². The Bertz CT molecular complexity index is 997. The second kappa shape index (κ2) is 9.28. The molecule has 0 unspecified atom stereocenters. The number of esters is 1. The first-order valence-corrected chi connectivity index (χ1v) is 8.94. The van der Waals surface area contributed by atoms with E-state index in [9.17, 15) is 9.59 Å². The maximum atomic E-state index is 12.6. The van der Waals surface area contributed by atoms with Crippen LogP contribution >= 0.6 is 0 Å². The van der Waals surface area contributed by atoms with Crippen LogP contribution in [0.15, 0.2) is 78.9 Å². The highest BCUT2D eigenvalue weighted by Crippen LogP contribution is 2.18. The van der Waals surface area contributed by atoms with Gasteiger partial charge in [0.25, 0.3) is 5.91 Å². The molecule has 1 amide bonds. The van der Waals surface area contributed by atoms with E-state index in [1.807, 2.05) is 48.5 Å². The highest BCUT2D eigenvalue weighted by atomic mass is 16.5. The van der Waals surface area contributed by atoms with E-state index < -0.39 is 5.97 Å². The molecule has 0 aliphatic carbocycles. The van der Waals surface area contributed by atoms with E-state index in [1.54, 1.807) is 37.3 Å². The summed E-state index contributed by atoms with van der Waals surface area (Å²) < 4.78 is 4.86. The van der Waals surface area contributed by atoms with Crippen molar-refractivity contribution in [1.29, 1.82) is 0 Å². The van der Waals surface area contributed by atoms with E-state index in [2.05, 4.69) is 10.3 Å². The van der Waals surface area contributed by atoms with Crippen LogP contribution in [-0.2, 0) is 9.53 Å². The van der Waals surface area contributed by atoms with Gasteiger partial charge in [0.15, 0.2) is 0 Å². The number of nitrogens with one attached hydrogen (secondary N) is 1. The number of nitrogens with zero attached hydrogens (tertiary/aromatic N) is 1. The predicted octanol–water partition coefficient (Wildman–Crippen LogP) is 4.58. The number of anilines is 1. The van der Waals surface area contributed by atoms with Crippen LogP contribution in [-0.4, -0.2) is 23.5 Å². The molecule has 0 aliphatic rings. The minimum atomic E-state index is -0.404. The molecule has 0 fully saturated rings. The number of hydrogen-bond acceptors (Lipinski definition) is 4. The van der Waals surface area contributed by atoms with Gasteiger partial charge < -0.3 is 10.1 Å². The fourth-order valence-electron chi connectivity index (χ4n) is 2.60. The maximum Gasteiger partial charge on any atom is 0.330 e. The molecule has 140 valence electrons. The standard InChI is InChI=1S/C23H20N2O3/c1-2-28-22(26)15-14-17-8-6-11-19(16-17)24-23(27)21-13-7-12-20(25-21)18-9-4-3-5-10-18/h3-16H,2H2,1H3,(H,24,27). The molecule has 1 aromatic heterocycles. The average Bonchev–Trinajstić information content (AvgIpc) is 2.73. The van der Waals surface area contributed by atoms with Crippen molar-refractivity contribution in [2.24, 2.45) is 0 Å². The minimum Gasteiger partial charge on any atom is -0.463 e. The van der Waals surface area contributed by atoms with E-state index in [0.717, 1.165) is 16.8 Å². The molecule has 0 saturated carbocycles. The van der Waals surface area contributed by atoms with Crippen molar-refractivity contribution in [3.8, 4) is 11.3 Å². The summed E-state index contributed by atoms with van der Waals surface area (Å²) in [6.07, 6.45) is 3.00. The van der Waals surface area contributed by atoms with Gasteiger partial charge in [-0.15, -0.1) is 0 Å². The first-order valence-electron chi connectivity index (χ1n) is 8.94. The molecule has 1 heterocycles. The van der Waals surface area contributed by atoms with Gasteiger partial charge in [0.05, 0.1) is 12.3 Å². The van der Waals surface area contributed by atoms with Crippen molar-refractivity contribution >= 4 is 23.6 Å². The molecule has 0 saturated heterocycles. The zero-order chi connectivity index (χ0) is 19.8. The van der Waals surface area contributed by atoms with Gasteiger partial charge >= 0.3 is 5.97 Å². The van der Waals surface area contributed by atoms with E-state index in [-0.39, 0.29) is 5.91 Å². The molecular formula is C23H20N2O3. The van der Waals surface area contributed by atoms with Crippen molar-refractivity contribution < 1.29 is 14.3 Å². The summed E-state index contributed by atoms with van der Waals surface area (Å²) in [5, 5.41) is 2.84. The smallest absolute Gasteiger partial charge is 0.330 e. The van der Waals surface area contributed by atoms with Gasteiger partial charge in [-0.1, -0.05) is 48.5 Å². The van der Waals surface area contributed by atoms with Crippen LogP contribution in [0.3, 0.4) is 0 Å². The fourth-order valence-corrected chi connectivity index (χ4v) is 2.60. The molecule has 0 atom stereocenters. The summed E-state index contributed by atoms with van der Waals surface area (Å²) in [4.78, 5) is 28.5. The number of carbonyl (C=O) groups excluding carboxylic acids is 2. The Hall–Kier alpha value is -3.73. The molecule has 3 aromatic rings. The summed E-state index contributed by atoms with van der Waals surface area (Å²) in [7, 11) is 0. The number of pyridine rings is 1. The van der Waals surface area contributed by atoms with Crippen LogP contribution in [0.25, 0.3) is 17.3 Å². The third kappa shape index (κ3) is 5.14. The first kappa shape index (κ1) is 19.0. The normalized spacial score (nSPS) is 10.6. The van der Waals surface area contributed by atoms with Gasteiger partial charge in [0, 0.05) is 17.3 Å². The number of ether oxygens (including phenoxy) is 1. The van der Waals surface area contributed by atoms with E-state index in [4.69, 9.17) is 4.74 Å². The second-order valence-electron chi connectivity index (χ2n) is 5.94. The van der Waals surface area contributed by atoms with Crippen molar-refractivity contribution in [1.82, 2.24) is 4.98 Å². The molecule has 5 nitrogen and oxygen atoms in total. The fraction of sp³-hybridized carbons (Fsp3) is 0.0870. The molecule has 0 spiro atoms. The van der Waals surface area contributed by atoms with Crippen molar-refractivity contribution in [3.63, 3.8) is 0 Å². The number of hydrogen-bond donors (Lipinski definition) is 1. The highest BCUT2D eigenvalue weighted by molar-refractivity contribution is 6.03. The molecular weight excluding hydrogens is 352 g/mol. The molecule has 2 aromatic carbocycles. The maximum absolute atomic E-state index is 12.6. The largest absolute Gasteiger partial charge is 0.463 e. The van der Waals surface area contributed by atoms with Crippen molar-refractivity contribution in [3.05, 3.63) is 90.1 Å². The lowest BCUT2D eigenvalue weighted by Crippen LogP contribution is -2.13.